The van der Waals surface area contributed by atoms with Crippen LogP contribution in [0.25, 0.3) is 62.3 Å². The molecule has 0 aliphatic heterocycles. The van der Waals surface area contributed by atoms with E-state index < -0.39 is 0 Å². The standard InChI is InChI=1S/C52H65FN4S4/c1-5-9-12-14-16-18-31-57(32-19-17-15-13-10-6-2)40-26-24-39(25-27-40)44-29-30-45(58-44)51-52-50(55-61-56-52)42(36-54-51)47-35-49-48(60-47)34-46(59-49)41-28-23-38(33-43(41)53)22-21-37(8-4)20-11-7-3/h23-30,33-37H,5-22,31-32H2,1-4H3. The summed E-state index contributed by atoms with van der Waals surface area (Å²) in [7, 11) is 0. The second-order valence-corrected chi connectivity index (χ2v) is 20.7. The predicted molar refractivity (Wildman–Crippen MR) is 269 cm³/mol. The third-order valence-corrected chi connectivity index (χ3v) is 16.4. The van der Waals surface area contributed by atoms with Gasteiger partial charge in [-0.25, -0.2) is 4.39 Å². The van der Waals surface area contributed by atoms with Crippen molar-refractivity contribution < 1.29 is 4.39 Å². The van der Waals surface area contributed by atoms with Crippen molar-refractivity contribution in [3.05, 3.63) is 84.3 Å². The lowest BCUT2D eigenvalue weighted by atomic mass is 9.92. The normalized spacial score (nSPS) is 12.3. The smallest absolute Gasteiger partial charge is 0.132 e. The van der Waals surface area contributed by atoms with E-state index in [1.807, 2.05) is 12.3 Å². The second-order valence-electron chi connectivity index (χ2n) is 16.9. The van der Waals surface area contributed by atoms with Crippen molar-refractivity contribution in [3.63, 3.8) is 0 Å². The fourth-order valence-electron chi connectivity index (χ4n) is 8.56. The molecule has 61 heavy (non-hydrogen) atoms. The van der Waals surface area contributed by atoms with Crippen molar-refractivity contribution in [3.8, 4) is 41.9 Å². The first-order valence-corrected chi connectivity index (χ1v) is 26.6. The zero-order valence-electron chi connectivity index (χ0n) is 36.9. The van der Waals surface area contributed by atoms with E-state index in [2.05, 4.69) is 87.2 Å². The Morgan fingerprint density at radius 2 is 1.20 bits per heavy atom. The Morgan fingerprint density at radius 3 is 1.85 bits per heavy atom. The Bertz CT molecular complexity index is 2340. The van der Waals surface area contributed by atoms with E-state index in [9.17, 15) is 0 Å². The summed E-state index contributed by atoms with van der Waals surface area (Å²) in [5.74, 6) is 0.600. The maximum atomic E-state index is 15.5. The number of hydrogen-bond donors (Lipinski definition) is 0. The summed E-state index contributed by atoms with van der Waals surface area (Å²) < 4.78 is 27.4. The molecule has 4 nitrogen and oxygen atoms in total. The number of fused-ring (bicyclic) bond motifs is 2. The minimum absolute atomic E-state index is 0.124. The highest BCUT2D eigenvalue weighted by molar-refractivity contribution is 7.31. The topological polar surface area (TPSA) is 41.9 Å². The summed E-state index contributed by atoms with van der Waals surface area (Å²) >= 11 is 6.39. The molecule has 0 saturated carbocycles. The molecule has 0 amide bonds. The van der Waals surface area contributed by atoms with Gasteiger partial charge in [-0.3, -0.25) is 4.98 Å². The van der Waals surface area contributed by atoms with Gasteiger partial charge in [0.25, 0.3) is 0 Å². The lowest BCUT2D eigenvalue weighted by molar-refractivity contribution is 0.421. The van der Waals surface area contributed by atoms with E-state index in [0.717, 1.165) is 83.7 Å². The van der Waals surface area contributed by atoms with Crippen molar-refractivity contribution in [2.75, 3.05) is 18.0 Å². The largest absolute Gasteiger partial charge is 0.372 e. The minimum Gasteiger partial charge on any atom is -0.372 e. The molecule has 0 N–H and O–H groups in total. The van der Waals surface area contributed by atoms with Gasteiger partial charge in [-0.15, -0.1) is 34.0 Å². The van der Waals surface area contributed by atoms with Gasteiger partial charge >= 0.3 is 0 Å². The van der Waals surface area contributed by atoms with Gasteiger partial charge in [0.15, 0.2) is 0 Å². The maximum Gasteiger partial charge on any atom is 0.132 e. The molecule has 7 aromatic rings. The average Bonchev–Trinajstić information content (AvgIpc) is 4.11. The third-order valence-electron chi connectivity index (χ3n) is 12.4. The minimum atomic E-state index is -0.124. The van der Waals surface area contributed by atoms with Gasteiger partial charge in [0.1, 0.15) is 22.5 Å². The number of nitrogens with zero attached hydrogens (tertiary/aromatic N) is 4. The highest BCUT2D eigenvalue weighted by atomic mass is 32.1. The summed E-state index contributed by atoms with van der Waals surface area (Å²) in [6.07, 6.45) is 24.9. The van der Waals surface area contributed by atoms with Gasteiger partial charge in [-0.1, -0.05) is 142 Å². The van der Waals surface area contributed by atoms with Crippen molar-refractivity contribution in [2.45, 2.75) is 143 Å². The van der Waals surface area contributed by atoms with E-state index in [4.69, 9.17) is 13.7 Å². The van der Waals surface area contributed by atoms with E-state index in [1.165, 1.54) is 131 Å². The molecule has 0 fully saturated rings. The molecule has 0 aliphatic carbocycles. The lowest BCUT2D eigenvalue weighted by Gasteiger charge is -2.25. The fraction of sp³-hybridized carbons (Fsp3) is 0.481. The van der Waals surface area contributed by atoms with E-state index >= 15 is 4.39 Å². The van der Waals surface area contributed by atoms with Crippen LogP contribution in [0.5, 0.6) is 0 Å². The van der Waals surface area contributed by atoms with Crippen LogP contribution in [0.3, 0.4) is 0 Å². The van der Waals surface area contributed by atoms with Gasteiger partial charge in [0.2, 0.25) is 0 Å². The Balaban J connectivity index is 1.02. The molecule has 9 heteroatoms. The number of halogens is 1. The molecule has 324 valence electrons. The van der Waals surface area contributed by atoms with Crippen LogP contribution in [0.15, 0.2) is 72.9 Å². The molecular formula is C52H65FN4S4. The van der Waals surface area contributed by atoms with Crippen LogP contribution in [-0.2, 0) is 6.42 Å². The van der Waals surface area contributed by atoms with Crippen molar-refractivity contribution in [1.29, 1.82) is 0 Å². The molecule has 2 aromatic carbocycles. The first kappa shape index (κ1) is 45.5. The van der Waals surface area contributed by atoms with E-state index in [-0.39, 0.29) is 5.82 Å². The van der Waals surface area contributed by atoms with Crippen molar-refractivity contribution >= 4 is 71.9 Å². The molecule has 0 aliphatic rings. The number of unbranched alkanes of at least 4 members (excludes halogenated alkanes) is 11. The third kappa shape index (κ3) is 12.0. The SMILES string of the molecule is CCCCCCCCN(CCCCCCCC)c1ccc(-c2ccc(-c3ncc(-c4cc5sc(-c6ccc(CCC(CC)CCCC)cc6F)cc5s4)c4nsnc34)s2)cc1. The van der Waals surface area contributed by atoms with Gasteiger partial charge in [-0.2, -0.15) is 8.75 Å². The highest BCUT2D eigenvalue weighted by Gasteiger charge is 2.20. The van der Waals surface area contributed by atoms with E-state index in [0.29, 0.717) is 5.56 Å². The summed E-state index contributed by atoms with van der Waals surface area (Å²) in [5, 5.41) is 0. The number of anilines is 1. The van der Waals surface area contributed by atoms with Crippen molar-refractivity contribution in [2.24, 2.45) is 5.92 Å². The monoisotopic (exact) mass is 892 g/mol. The Labute approximate surface area is 381 Å². The van der Waals surface area contributed by atoms with Crippen LogP contribution in [-0.4, -0.2) is 26.8 Å². The average molecular weight is 893 g/mol. The number of hydrogen-bond acceptors (Lipinski definition) is 8. The van der Waals surface area contributed by atoms with Crippen LogP contribution in [0, 0.1) is 11.7 Å². The molecule has 0 saturated heterocycles. The summed E-state index contributed by atoms with van der Waals surface area (Å²) in [6.45, 7) is 11.4. The molecule has 1 unspecified atom stereocenters. The first-order chi connectivity index (χ1) is 30.0. The number of aromatic nitrogens is 3. The molecule has 0 bridgehead atoms. The molecule has 1 atom stereocenters. The number of pyridine rings is 1. The number of benzene rings is 2. The van der Waals surface area contributed by atoms with Crippen molar-refractivity contribution in [1.82, 2.24) is 13.7 Å². The quantitative estimate of drug-likeness (QED) is 0.0508. The molecule has 5 aromatic heterocycles. The molecule has 0 radical (unpaired) electrons. The van der Waals surface area contributed by atoms with Gasteiger partial charge in [0, 0.05) is 60.1 Å². The Kier molecular flexibility index (Phi) is 17.4. The zero-order valence-corrected chi connectivity index (χ0v) is 40.2. The Hall–Kier alpha value is -3.50. The number of aryl methyl sites for hydroxylation is 1. The van der Waals surface area contributed by atoms with Gasteiger partial charge < -0.3 is 4.90 Å². The summed E-state index contributed by atoms with van der Waals surface area (Å²) in [4.78, 5) is 12.1. The zero-order chi connectivity index (χ0) is 42.4. The molecule has 7 rings (SSSR count). The van der Waals surface area contributed by atoms with Crippen LogP contribution in [0.2, 0.25) is 0 Å². The predicted octanol–water partition coefficient (Wildman–Crippen LogP) is 17.9. The molecule has 5 heterocycles. The van der Waals surface area contributed by atoms with Crippen LogP contribution in [0.4, 0.5) is 10.1 Å². The number of thiophene rings is 3. The Morgan fingerprint density at radius 1 is 0.574 bits per heavy atom. The summed E-state index contributed by atoms with van der Waals surface area (Å²) in [5.41, 5.74) is 7.99. The maximum absolute atomic E-state index is 15.5. The summed E-state index contributed by atoms with van der Waals surface area (Å²) in [6, 6.07) is 23.9. The fourth-order valence-corrected chi connectivity index (χ4v) is 12.6. The highest BCUT2D eigenvalue weighted by Crippen LogP contribution is 2.45. The molecule has 0 spiro atoms. The number of rotatable bonds is 26. The lowest BCUT2D eigenvalue weighted by Crippen LogP contribution is -2.25. The van der Waals surface area contributed by atoms with Gasteiger partial charge in [-0.05, 0) is 85.2 Å². The van der Waals surface area contributed by atoms with Crippen LogP contribution in [0.1, 0.15) is 142 Å². The molecular weight excluding hydrogens is 828 g/mol. The van der Waals surface area contributed by atoms with Crippen LogP contribution >= 0.6 is 45.7 Å². The van der Waals surface area contributed by atoms with E-state index in [1.54, 1.807) is 40.1 Å². The van der Waals surface area contributed by atoms with Gasteiger partial charge in [0.05, 0.1) is 16.6 Å². The first-order valence-electron chi connectivity index (χ1n) is 23.4. The second kappa shape index (κ2) is 23.3. The van der Waals surface area contributed by atoms with Crippen LogP contribution < -0.4 is 4.90 Å².